The molecule has 3 aromatic carbocycles. The van der Waals surface area contributed by atoms with E-state index in [9.17, 15) is 9.90 Å². The number of ether oxygens (including phenoxy) is 2. The van der Waals surface area contributed by atoms with Crippen molar-refractivity contribution in [3.8, 4) is 11.5 Å². The Morgan fingerprint density at radius 3 is 2.58 bits per heavy atom. The van der Waals surface area contributed by atoms with E-state index in [0.29, 0.717) is 27.4 Å². The van der Waals surface area contributed by atoms with Crippen LogP contribution in [0.5, 0.6) is 11.5 Å². The van der Waals surface area contributed by atoms with Crippen LogP contribution in [0, 0.1) is 6.92 Å². The zero-order valence-corrected chi connectivity index (χ0v) is 18.0. The van der Waals surface area contributed by atoms with Gasteiger partial charge in [-0.3, -0.25) is 0 Å². The Morgan fingerprint density at radius 2 is 1.81 bits per heavy atom. The number of benzene rings is 3. The molecule has 0 radical (unpaired) electrons. The van der Waals surface area contributed by atoms with Crippen LogP contribution in [-0.4, -0.2) is 21.0 Å². The van der Waals surface area contributed by atoms with E-state index in [4.69, 9.17) is 32.7 Å². The number of nitrogens with one attached hydrogen (secondary N) is 1. The molecule has 0 aliphatic heterocycles. The summed E-state index contributed by atoms with van der Waals surface area (Å²) in [5.74, 6) is 0.275. The maximum absolute atomic E-state index is 11.4. The number of halogens is 2. The number of imidazole rings is 1. The molecule has 1 aromatic heterocycles. The van der Waals surface area contributed by atoms with Crippen molar-refractivity contribution in [2.75, 3.05) is 0 Å². The number of aryl methyl sites for hydroxylation is 1. The number of aromatic nitrogens is 2. The van der Waals surface area contributed by atoms with Crippen LogP contribution in [0.3, 0.4) is 0 Å². The molecule has 0 unspecified atom stereocenters. The van der Waals surface area contributed by atoms with Crippen LogP contribution in [-0.2, 0) is 13.2 Å². The molecule has 0 bridgehead atoms. The fraction of sp³-hybridized carbons (Fsp3) is 0.130. The Morgan fingerprint density at radius 1 is 1.00 bits per heavy atom. The lowest BCUT2D eigenvalue weighted by molar-refractivity contribution is 0.0696. The van der Waals surface area contributed by atoms with E-state index in [-0.39, 0.29) is 18.8 Å². The first-order chi connectivity index (χ1) is 14.9. The summed E-state index contributed by atoms with van der Waals surface area (Å²) in [4.78, 5) is 19.0. The zero-order valence-electron chi connectivity index (χ0n) is 16.5. The number of nitrogens with zero attached hydrogens (tertiary/aromatic N) is 1. The van der Waals surface area contributed by atoms with Crippen LogP contribution in [0.4, 0.5) is 0 Å². The molecule has 1 heterocycles. The quantitative estimate of drug-likeness (QED) is 0.354. The molecule has 0 atom stereocenters. The van der Waals surface area contributed by atoms with Gasteiger partial charge in [0.05, 0.1) is 16.6 Å². The van der Waals surface area contributed by atoms with Crippen molar-refractivity contribution < 1.29 is 19.4 Å². The van der Waals surface area contributed by atoms with Crippen LogP contribution in [0.1, 0.15) is 27.3 Å². The molecule has 158 valence electrons. The van der Waals surface area contributed by atoms with Gasteiger partial charge in [-0.1, -0.05) is 35.3 Å². The standard InChI is InChI=1S/C23H18Cl2N2O4/c1-13-2-3-14(8-17(13)25)11-30-21-9-15(23(28)29)4-7-20(21)31-12-22-26-18-6-5-16(24)10-19(18)27-22/h2-10H,11-12H2,1H3,(H,26,27)(H,28,29). The van der Waals surface area contributed by atoms with Crippen LogP contribution in [0.15, 0.2) is 54.6 Å². The molecule has 2 N–H and O–H groups in total. The smallest absolute Gasteiger partial charge is 0.335 e. The molecule has 0 aliphatic carbocycles. The average Bonchev–Trinajstić information content (AvgIpc) is 3.15. The number of hydrogen-bond acceptors (Lipinski definition) is 4. The molecule has 0 saturated heterocycles. The van der Waals surface area contributed by atoms with Gasteiger partial charge in [-0.25, -0.2) is 9.78 Å². The maximum Gasteiger partial charge on any atom is 0.335 e. The summed E-state index contributed by atoms with van der Waals surface area (Å²) in [6.45, 7) is 2.27. The number of H-pyrrole nitrogens is 1. The molecule has 0 amide bonds. The van der Waals surface area contributed by atoms with Crippen LogP contribution in [0.2, 0.25) is 10.0 Å². The van der Waals surface area contributed by atoms with E-state index in [1.54, 1.807) is 18.2 Å². The SMILES string of the molecule is Cc1ccc(COc2cc(C(=O)O)ccc2OCc2nc3ccc(Cl)cc3[nH]2)cc1Cl. The first-order valence-electron chi connectivity index (χ1n) is 9.41. The Hall–Kier alpha value is -3.22. The second-order valence-electron chi connectivity index (χ2n) is 6.97. The molecule has 0 spiro atoms. The van der Waals surface area contributed by atoms with Crippen molar-refractivity contribution >= 4 is 40.2 Å². The summed E-state index contributed by atoms with van der Waals surface area (Å²) in [5, 5.41) is 10.6. The molecular weight excluding hydrogens is 439 g/mol. The zero-order chi connectivity index (χ0) is 22.0. The molecule has 4 aromatic rings. The molecule has 8 heteroatoms. The van der Waals surface area contributed by atoms with Gasteiger partial charge >= 0.3 is 5.97 Å². The van der Waals surface area contributed by atoms with Crippen molar-refractivity contribution in [2.24, 2.45) is 0 Å². The maximum atomic E-state index is 11.4. The Bertz CT molecular complexity index is 1270. The number of rotatable bonds is 7. The minimum absolute atomic E-state index is 0.0997. The largest absolute Gasteiger partial charge is 0.485 e. The van der Waals surface area contributed by atoms with Gasteiger partial charge in [0, 0.05) is 10.0 Å². The van der Waals surface area contributed by atoms with Gasteiger partial charge in [-0.15, -0.1) is 0 Å². The summed E-state index contributed by atoms with van der Waals surface area (Å²) in [6.07, 6.45) is 0. The third-order valence-corrected chi connectivity index (χ3v) is 5.32. The van der Waals surface area contributed by atoms with Crippen LogP contribution in [0.25, 0.3) is 11.0 Å². The summed E-state index contributed by atoms with van der Waals surface area (Å²) < 4.78 is 11.8. The highest BCUT2D eigenvalue weighted by molar-refractivity contribution is 6.31. The van der Waals surface area contributed by atoms with E-state index in [1.165, 1.54) is 12.1 Å². The minimum atomic E-state index is -1.05. The molecular formula is C23H18Cl2N2O4. The van der Waals surface area contributed by atoms with E-state index in [1.807, 2.05) is 31.2 Å². The number of aromatic carboxylic acids is 1. The first-order valence-corrected chi connectivity index (χ1v) is 10.2. The van der Waals surface area contributed by atoms with Crippen LogP contribution < -0.4 is 9.47 Å². The molecule has 0 aliphatic rings. The summed E-state index contributed by atoms with van der Waals surface area (Å²) in [5.41, 5.74) is 3.51. The molecule has 0 fully saturated rings. The third kappa shape index (κ3) is 4.93. The first kappa shape index (κ1) is 21.0. The molecule has 31 heavy (non-hydrogen) atoms. The fourth-order valence-corrected chi connectivity index (χ4v) is 3.38. The Balaban J connectivity index is 1.54. The van der Waals surface area contributed by atoms with Gasteiger partial charge in [-0.2, -0.15) is 0 Å². The normalized spacial score (nSPS) is 10.9. The Labute approximate surface area is 188 Å². The second-order valence-corrected chi connectivity index (χ2v) is 7.82. The van der Waals surface area contributed by atoms with E-state index >= 15 is 0 Å². The van der Waals surface area contributed by atoms with Crippen molar-refractivity contribution in [1.29, 1.82) is 0 Å². The number of carboxylic acid groups (broad SMARTS) is 1. The average molecular weight is 457 g/mol. The van der Waals surface area contributed by atoms with Gasteiger partial charge in [-0.05, 0) is 60.5 Å². The highest BCUT2D eigenvalue weighted by Crippen LogP contribution is 2.30. The molecule has 0 saturated carbocycles. The lowest BCUT2D eigenvalue weighted by Gasteiger charge is -2.13. The minimum Gasteiger partial charge on any atom is -0.485 e. The lowest BCUT2D eigenvalue weighted by atomic mass is 10.1. The number of fused-ring (bicyclic) bond motifs is 1. The summed E-state index contributed by atoms with van der Waals surface area (Å²) in [6, 6.07) is 15.5. The molecule has 6 nitrogen and oxygen atoms in total. The second kappa shape index (κ2) is 8.88. The summed E-state index contributed by atoms with van der Waals surface area (Å²) >= 11 is 12.2. The van der Waals surface area contributed by atoms with Crippen LogP contribution >= 0.6 is 23.2 Å². The van der Waals surface area contributed by atoms with Crippen molar-refractivity contribution in [1.82, 2.24) is 9.97 Å². The van der Waals surface area contributed by atoms with Crippen molar-refractivity contribution in [3.63, 3.8) is 0 Å². The van der Waals surface area contributed by atoms with E-state index in [2.05, 4.69) is 9.97 Å². The van der Waals surface area contributed by atoms with Crippen molar-refractivity contribution in [3.05, 3.63) is 87.2 Å². The number of hydrogen-bond donors (Lipinski definition) is 2. The predicted molar refractivity (Wildman–Crippen MR) is 119 cm³/mol. The third-order valence-electron chi connectivity index (χ3n) is 4.68. The molecule has 4 rings (SSSR count). The predicted octanol–water partition coefficient (Wildman–Crippen LogP) is 6.03. The Kier molecular flexibility index (Phi) is 6.02. The number of aromatic amines is 1. The van der Waals surface area contributed by atoms with E-state index < -0.39 is 5.97 Å². The van der Waals surface area contributed by atoms with Gasteiger partial charge in [0.1, 0.15) is 19.0 Å². The van der Waals surface area contributed by atoms with Crippen molar-refractivity contribution in [2.45, 2.75) is 20.1 Å². The number of carbonyl (C=O) groups is 1. The van der Waals surface area contributed by atoms with Gasteiger partial charge < -0.3 is 19.6 Å². The highest BCUT2D eigenvalue weighted by atomic mass is 35.5. The number of carboxylic acids is 1. The van der Waals surface area contributed by atoms with Gasteiger partial charge in [0.2, 0.25) is 0 Å². The highest BCUT2D eigenvalue weighted by Gasteiger charge is 2.13. The van der Waals surface area contributed by atoms with Gasteiger partial charge in [0.25, 0.3) is 0 Å². The van der Waals surface area contributed by atoms with Gasteiger partial charge in [0.15, 0.2) is 11.5 Å². The topological polar surface area (TPSA) is 84.4 Å². The monoisotopic (exact) mass is 456 g/mol. The summed E-state index contributed by atoms with van der Waals surface area (Å²) in [7, 11) is 0. The fourth-order valence-electron chi connectivity index (χ4n) is 3.01. The lowest BCUT2D eigenvalue weighted by Crippen LogP contribution is -2.04. The van der Waals surface area contributed by atoms with E-state index in [0.717, 1.165) is 22.2 Å².